The number of rotatable bonds is 28. The Labute approximate surface area is 425 Å². The van der Waals surface area contributed by atoms with E-state index in [1.165, 1.54) is 12.2 Å². The molecule has 0 saturated carbocycles. The summed E-state index contributed by atoms with van der Waals surface area (Å²) in [7, 11) is 2.14. The molecule has 0 aliphatic carbocycles. The lowest BCUT2D eigenvalue weighted by Crippen LogP contribution is -2.52. The van der Waals surface area contributed by atoms with Gasteiger partial charge in [0.25, 0.3) is 11.8 Å². The monoisotopic (exact) mass is 1000 g/mol. The first-order valence-corrected chi connectivity index (χ1v) is 24.8. The largest absolute Gasteiger partial charge is 0.368 e. The zero-order valence-corrected chi connectivity index (χ0v) is 41.9. The number of hydrogen-bond donors (Lipinski definition) is 7. The maximum Gasteiger partial charge on any atom is 0.253 e. The summed E-state index contributed by atoms with van der Waals surface area (Å²) in [5, 5.41) is 16.3. The fourth-order valence-electron chi connectivity index (χ4n) is 8.19. The maximum absolute atomic E-state index is 13.4. The number of nitrogens with zero attached hydrogens (tertiary/aromatic N) is 7. The molecule has 1 aromatic carbocycles. The first-order chi connectivity index (χ1) is 35.2. The fourth-order valence-corrected chi connectivity index (χ4v) is 8.19. The summed E-state index contributed by atoms with van der Waals surface area (Å²) in [4.78, 5) is 112. The number of amides is 7. The molecule has 3 aromatic heterocycles. The minimum Gasteiger partial charge on any atom is -0.368 e. The number of benzene rings is 1. The molecule has 2 aliphatic heterocycles. The molecule has 0 radical (unpaired) electrons. The van der Waals surface area contributed by atoms with E-state index in [4.69, 9.17) is 20.4 Å². The van der Waals surface area contributed by atoms with E-state index in [9.17, 15) is 33.6 Å². The molecule has 0 unspecified atom stereocenters. The molecule has 2 atom stereocenters. The van der Waals surface area contributed by atoms with Crippen molar-refractivity contribution in [3.8, 4) is 11.1 Å². The molecule has 22 heteroatoms. The summed E-state index contributed by atoms with van der Waals surface area (Å²) in [5.41, 5.74) is 10.2. The van der Waals surface area contributed by atoms with Crippen molar-refractivity contribution in [3.63, 3.8) is 0 Å². The third kappa shape index (κ3) is 17.7. The van der Waals surface area contributed by atoms with Gasteiger partial charge in [0.2, 0.25) is 35.5 Å². The Morgan fingerprint density at radius 3 is 2.21 bits per heavy atom. The predicted octanol–water partition coefficient (Wildman–Crippen LogP) is 1.43. The lowest BCUT2D eigenvalue weighted by molar-refractivity contribution is -0.137. The summed E-state index contributed by atoms with van der Waals surface area (Å²) in [6.07, 6.45) is 10.4. The molecule has 4 aromatic rings. The maximum atomic E-state index is 13.4. The predicted molar refractivity (Wildman–Crippen MR) is 274 cm³/mol. The van der Waals surface area contributed by atoms with Gasteiger partial charge in [0.05, 0.1) is 43.0 Å². The summed E-state index contributed by atoms with van der Waals surface area (Å²) in [5.74, 6) is -2.98. The number of piperazine rings is 1. The van der Waals surface area contributed by atoms with Gasteiger partial charge in [-0.15, -0.1) is 0 Å². The van der Waals surface area contributed by atoms with Crippen LogP contribution in [0.4, 0.5) is 11.8 Å². The number of likely N-dealkylation sites (N-methyl/N-ethyl adjacent to an activating group) is 1. The molecule has 2 aliphatic rings. The molecule has 1 fully saturated rings. The molecule has 7 amide bonds. The Hall–Kier alpha value is -7.43. The molecule has 6 rings (SSSR count). The van der Waals surface area contributed by atoms with Gasteiger partial charge in [-0.05, 0) is 50.9 Å². The first kappa shape index (κ1) is 54.9. The van der Waals surface area contributed by atoms with Crippen LogP contribution in [0.15, 0.2) is 73.1 Å². The zero-order chi connectivity index (χ0) is 52.2. The number of hydrogen-bond acceptors (Lipinski definition) is 16. The van der Waals surface area contributed by atoms with Crippen molar-refractivity contribution < 1.29 is 38.3 Å². The summed E-state index contributed by atoms with van der Waals surface area (Å²) in [6.45, 7) is 8.01. The van der Waals surface area contributed by atoms with Gasteiger partial charge in [-0.1, -0.05) is 62.6 Å². The van der Waals surface area contributed by atoms with Gasteiger partial charge in [-0.2, -0.15) is 4.98 Å². The number of nitrogen functional groups attached to an aromatic ring is 1. The molecule has 5 heterocycles. The molecule has 0 spiro atoms. The van der Waals surface area contributed by atoms with Crippen molar-refractivity contribution in [2.24, 2.45) is 0 Å². The van der Waals surface area contributed by atoms with Crippen LogP contribution in [0.2, 0.25) is 0 Å². The van der Waals surface area contributed by atoms with Gasteiger partial charge in [-0.3, -0.25) is 53.3 Å². The highest BCUT2D eigenvalue weighted by Crippen LogP contribution is 2.29. The summed E-state index contributed by atoms with van der Waals surface area (Å²) in [6, 6.07) is 13.9. The van der Waals surface area contributed by atoms with Gasteiger partial charge < -0.3 is 47.3 Å². The second-order valence-corrected chi connectivity index (χ2v) is 18.6. The van der Waals surface area contributed by atoms with Crippen LogP contribution in [0.25, 0.3) is 22.2 Å². The van der Waals surface area contributed by atoms with E-state index in [2.05, 4.69) is 65.6 Å². The first-order valence-electron chi connectivity index (χ1n) is 24.8. The second kappa shape index (κ2) is 27.4. The zero-order valence-electron chi connectivity index (χ0n) is 41.9. The van der Waals surface area contributed by atoms with Crippen molar-refractivity contribution >= 4 is 64.1 Å². The van der Waals surface area contributed by atoms with E-state index >= 15 is 0 Å². The Morgan fingerprint density at radius 2 is 1.48 bits per heavy atom. The molecular weight excluding hydrogens is 937 g/mol. The molecule has 1 saturated heterocycles. The number of nitrogens with one attached hydrogen (secondary N) is 6. The van der Waals surface area contributed by atoms with Crippen LogP contribution in [0.3, 0.4) is 0 Å². The Bertz CT molecular complexity index is 2560. The highest BCUT2D eigenvalue weighted by molar-refractivity contribution is 6.12. The second-order valence-electron chi connectivity index (χ2n) is 18.6. The molecular formula is C51H68N14O8. The SMILES string of the molecule is CCCC[C@](C)(COCNC(=O)CNC(=O)[C@H](Cc1ccccc1)NC(=O)CNC(=O)CNC(=O)CCCCCN1C(=O)C=CC1=O)Nc1nc(N)nc2cc(-c3ccc(CN4CCN(C)CC4)nc3)cnc12. The molecule has 8 N–H and O–H groups in total. The topological polar surface area (TPSA) is 288 Å². The van der Waals surface area contributed by atoms with Crippen molar-refractivity contribution in [1.29, 1.82) is 0 Å². The normalized spacial score (nSPS) is 15.1. The molecule has 22 nitrogen and oxygen atoms in total. The molecule has 0 bridgehead atoms. The number of anilines is 2. The van der Waals surface area contributed by atoms with E-state index in [0.29, 0.717) is 42.5 Å². The van der Waals surface area contributed by atoms with E-state index < -0.39 is 48.3 Å². The van der Waals surface area contributed by atoms with Crippen molar-refractivity contribution in [2.75, 3.05) is 83.8 Å². The highest BCUT2D eigenvalue weighted by atomic mass is 16.5. The summed E-state index contributed by atoms with van der Waals surface area (Å²) >= 11 is 0. The molecule has 390 valence electrons. The van der Waals surface area contributed by atoms with Crippen LogP contribution >= 0.6 is 0 Å². The average Bonchev–Trinajstić information content (AvgIpc) is 3.70. The van der Waals surface area contributed by atoms with E-state index in [1.54, 1.807) is 30.5 Å². The summed E-state index contributed by atoms with van der Waals surface area (Å²) < 4.78 is 5.98. The third-order valence-corrected chi connectivity index (χ3v) is 12.4. The van der Waals surface area contributed by atoms with E-state index in [0.717, 1.165) is 72.8 Å². The minimum atomic E-state index is -1.09. The van der Waals surface area contributed by atoms with Crippen molar-refractivity contribution in [3.05, 3.63) is 84.3 Å². The quantitative estimate of drug-likeness (QED) is 0.0241. The third-order valence-electron chi connectivity index (χ3n) is 12.4. The van der Waals surface area contributed by atoms with Crippen LogP contribution in [0.5, 0.6) is 0 Å². The standard InChI is InChI=1S/C51H68N14O8/c1-4-5-19-51(2,62-48-47-39(60-50(52)61-48)26-37(28-56-47)36-15-16-38(53-27-36)32-64-23-21-63(3)22-24-64)33-73-34-58-43(68)30-57-49(72)40(25-35-12-8-6-9-13-35)59-44(69)31-55-42(67)29-54-41(66)14-10-7-11-20-65-45(70)17-18-46(65)71/h6,8-9,12-13,15-18,26-28,40H,4-5,7,10-11,14,19-25,29-34H2,1-3H3,(H,54,66)(H,55,67)(H,57,72)(H,58,68)(H,59,69)(H3,52,60,61,62)/t40-,51+/m0/s1. The van der Waals surface area contributed by atoms with Crippen LogP contribution < -0.4 is 37.6 Å². The number of imide groups is 1. The number of ether oxygens (including phenoxy) is 1. The van der Waals surface area contributed by atoms with Crippen LogP contribution in [0.1, 0.15) is 70.1 Å². The smallest absolute Gasteiger partial charge is 0.253 e. The average molecular weight is 1010 g/mol. The van der Waals surface area contributed by atoms with Gasteiger partial charge in [0.15, 0.2) is 5.82 Å². The number of unbranched alkanes of at least 4 members (excludes halogenated alkanes) is 3. The lowest BCUT2D eigenvalue weighted by atomic mass is 9.95. The van der Waals surface area contributed by atoms with Gasteiger partial charge in [0.1, 0.15) is 18.3 Å². The number of pyridine rings is 2. The Morgan fingerprint density at radius 1 is 0.781 bits per heavy atom. The lowest BCUT2D eigenvalue weighted by Gasteiger charge is -2.32. The number of aromatic nitrogens is 4. The number of carbonyl (C=O) groups excluding carboxylic acids is 7. The van der Waals surface area contributed by atoms with Gasteiger partial charge >= 0.3 is 0 Å². The van der Waals surface area contributed by atoms with E-state index in [-0.39, 0.29) is 62.9 Å². The van der Waals surface area contributed by atoms with Gasteiger partial charge in [0, 0.05) is 87.8 Å². The van der Waals surface area contributed by atoms with Crippen molar-refractivity contribution in [2.45, 2.75) is 83.3 Å². The van der Waals surface area contributed by atoms with E-state index in [1.807, 2.05) is 37.4 Å². The Kier molecular flexibility index (Phi) is 20.6. The number of nitrogens with two attached hydrogens (primary N) is 1. The van der Waals surface area contributed by atoms with Crippen molar-refractivity contribution in [1.82, 2.24) is 61.2 Å². The van der Waals surface area contributed by atoms with Crippen LogP contribution in [0, 0.1) is 0 Å². The number of carbonyl (C=O) groups is 7. The van der Waals surface area contributed by atoms with Gasteiger partial charge in [-0.25, -0.2) is 4.98 Å². The fraction of sp³-hybridized carbons (Fsp3) is 0.471. The molecule has 73 heavy (non-hydrogen) atoms. The minimum absolute atomic E-state index is 0.0757. The van der Waals surface area contributed by atoms with Crippen LogP contribution in [-0.4, -0.2) is 160 Å². The Balaban J connectivity index is 0.935. The highest BCUT2D eigenvalue weighted by Gasteiger charge is 2.28. The number of fused-ring (bicyclic) bond motifs is 1. The van der Waals surface area contributed by atoms with Crippen LogP contribution in [-0.2, 0) is 51.3 Å².